The molecule has 0 N–H and O–H groups in total. The molecule has 1 amide bonds. The number of hydrogen-bond acceptors (Lipinski definition) is 4. The highest BCUT2D eigenvalue weighted by molar-refractivity contribution is 7.99. The number of imidazole rings is 1. The summed E-state index contributed by atoms with van der Waals surface area (Å²) in [4.78, 5) is 21.5. The number of carbonyl (C=O) groups excluding carboxylic acids is 1. The predicted molar refractivity (Wildman–Crippen MR) is 85.2 cm³/mol. The molecule has 0 aromatic carbocycles. The number of alkyl halides is 3. The number of carbonyl (C=O) groups is 1. The summed E-state index contributed by atoms with van der Waals surface area (Å²) in [5.41, 5.74) is 0.874. The van der Waals surface area contributed by atoms with Crippen molar-refractivity contribution in [1.29, 1.82) is 0 Å². The molecule has 0 aliphatic heterocycles. The van der Waals surface area contributed by atoms with Gasteiger partial charge in [0.05, 0.1) is 18.0 Å². The Kier molecular flexibility index (Phi) is 6.24. The third-order valence-corrected chi connectivity index (χ3v) is 4.11. The molecular weight excluding hydrogens is 341 g/mol. The van der Waals surface area contributed by atoms with Gasteiger partial charge in [-0.15, -0.1) is 11.8 Å². The first-order valence-electron chi connectivity index (χ1n) is 7.13. The van der Waals surface area contributed by atoms with Crippen LogP contribution in [0.5, 0.6) is 0 Å². The Bertz CT molecular complexity index is 660. The van der Waals surface area contributed by atoms with Crippen LogP contribution in [0.3, 0.4) is 0 Å². The molecule has 0 aliphatic rings. The van der Waals surface area contributed by atoms with E-state index in [2.05, 4.69) is 9.97 Å². The van der Waals surface area contributed by atoms with Crippen LogP contribution >= 0.6 is 11.8 Å². The summed E-state index contributed by atoms with van der Waals surface area (Å²) in [6.07, 6.45) is -0.0763. The molecule has 0 aliphatic carbocycles. The number of aromatic nitrogens is 3. The number of hydrogen-bond donors (Lipinski definition) is 0. The number of amides is 1. The Morgan fingerprint density at radius 2 is 2.08 bits per heavy atom. The van der Waals surface area contributed by atoms with Gasteiger partial charge in [0, 0.05) is 31.4 Å². The maximum atomic E-state index is 12.5. The molecule has 2 heterocycles. The van der Waals surface area contributed by atoms with Crippen LogP contribution in [0.4, 0.5) is 13.2 Å². The normalized spacial score (nSPS) is 11.5. The highest BCUT2D eigenvalue weighted by Crippen LogP contribution is 2.19. The maximum Gasteiger partial charge on any atom is 0.406 e. The van der Waals surface area contributed by atoms with Crippen molar-refractivity contribution in [1.82, 2.24) is 19.4 Å². The van der Waals surface area contributed by atoms with Gasteiger partial charge in [0.15, 0.2) is 0 Å². The molecule has 2 aromatic heterocycles. The monoisotopic (exact) mass is 358 g/mol. The summed E-state index contributed by atoms with van der Waals surface area (Å²) in [5, 5.41) is 0. The molecule has 0 atom stereocenters. The molecule has 24 heavy (non-hydrogen) atoms. The smallest absolute Gasteiger partial charge is 0.338 e. The van der Waals surface area contributed by atoms with Crippen LogP contribution in [0, 0.1) is 0 Å². The van der Waals surface area contributed by atoms with Crippen molar-refractivity contribution >= 4 is 17.7 Å². The Hall–Kier alpha value is -2.03. The number of rotatable bonds is 7. The molecule has 0 radical (unpaired) electrons. The van der Waals surface area contributed by atoms with Gasteiger partial charge in [0.25, 0.3) is 0 Å². The predicted octanol–water partition coefficient (Wildman–Crippen LogP) is 2.73. The Labute approximate surface area is 141 Å². The van der Waals surface area contributed by atoms with Gasteiger partial charge >= 0.3 is 6.18 Å². The van der Waals surface area contributed by atoms with E-state index in [1.54, 1.807) is 13.2 Å². The molecule has 2 rings (SSSR count). The van der Waals surface area contributed by atoms with Gasteiger partial charge in [0.1, 0.15) is 12.4 Å². The summed E-state index contributed by atoms with van der Waals surface area (Å²) in [6, 6.07) is 5.56. The van der Waals surface area contributed by atoms with Crippen LogP contribution in [-0.4, -0.2) is 44.3 Å². The molecule has 2 aromatic rings. The Morgan fingerprint density at radius 1 is 1.29 bits per heavy atom. The number of halogens is 3. The SMILES string of the molecule is CN(Cc1nccn1CC(F)(F)F)C(=O)CSCc1ccccn1. The molecule has 0 bridgehead atoms. The summed E-state index contributed by atoms with van der Waals surface area (Å²) in [5.74, 6) is 0.867. The third-order valence-electron chi connectivity index (χ3n) is 3.16. The lowest BCUT2D eigenvalue weighted by Crippen LogP contribution is -2.30. The minimum atomic E-state index is -4.32. The van der Waals surface area contributed by atoms with Crippen molar-refractivity contribution in [3.63, 3.8) is 0 Å². The maximum absolute atomic E-state index is 12.5. The van der Waals surface area contributed by atoms with Crippen molar-refractivity contribution in [3.8, 4) is 0 Å². The van der Waals surface area contributed by atoms with Crippen LogP contribution in [0.25, 0.3) is 0 Å². The number of thioether (sulfide) groups is 1. The second kappa shape index (κ2) is 8.18. The second-order valence-electron chi connectivity index (χ2n) is 5.15. The van der Waals surface area contributed by atoms with Crippen molar-refractivity contribution in [2.45, 2.75) is 25.0 Å². The summed E-state index contributed by atoms with van der Waals surface area (Å²) in [7, 11) is 1.55. The molecule has 0 saturated carbocycles. The number of pyridine rings is 1. The van der Waals surface area contributed by atoms with Gasteiger partial charge in [0.2, 0.25) is 5.91 Å². The van der Waals surface area contributed by atoms with E-state index in [-0.39, 0.29) is 24.0 Å². The first-order chi connectivity index (χ1) is 11.3. The van der Waals surface area contributed by atoms with Crippen LogP contribution in [0.2, 0.25) is 0 Å². The molecule has 0 spiro atoms. The number of nitrogens with zero attached hydrogens (tertiary/aromatic N) is 4. The highest BCUT2D eigenvalue weighted by Gasteiger charge is 2.29. The summed E-state index contributed by atoms with van der Waals surface area (Å²) in [6.45, 7) is -1.08. The van der Waals surface area contributed by atoms with Gasteiger partial charge in [-0.2, -0.15) is 13.2 Å². The van der Waals surface area contributed by atoms with Crippen molar-refractivity contribution in [2.75, 3.05) is 12.8 Å². The third kappa shape index (κ3) is 5.88. The van der Waals surface area contributed by atoms with Crippen LogP contribution < -0.4 is 0 Å². The quantitative estimate of drug-likeness (QED) is 0.764. The fraction of sp³-hybridized carbons (Fsp3) is 0.400. The standard InChI is InChI=1S/C15H17F3N4OS/c1-21(8-13-20-6-7-22(13)11-15(16,17)18)14(23)10-24-9-12-4-2-3-5-19-12/h2-7H,8-11H2,1H3. The average molecular weight is 358 g/mol. The molecule has 0 fully saturated rings. The van der Waals surface area contributed by atoms with Crippen LogP contribution in [0.15, 0.2) is 36.8 Å². The van der Waals surface area contributed by atoms with Crippen molar-refractivity contribution in [3.05, 3.63) is 48.3 Å². The molecule has 0 unspecified atom stereocenters. The largest absolute Gasteiger partial charge is 0.406 e. The Balaban J connectivity index is 1.82. The van der Waals surface area contributed by atoms with E-state index in [1.807, 2.05) is 18.2 Å². The van der Waals surface area contributed by atoms with Gasteiger partial charge in [-0.05, 0) is 12.1 Å². The van der Waals surface area contributed by atoms with E-state index in [9.17, 15) is 18.0 Å². The van der Waals surface area contributed by atoms with Gasteiger partial charge in [-0.1, -0.05) is 6.07 Å². The van der Waals surface area contributed by atoms with Gasteiger partial charge in [-0.25, -0.2) is 4.98 Å². The van der Waals surface area contributed by atoms with Crippen molar-refractivity contribution in [2.24, 2.45) is 0 Å². The fourth-order valence-electron chi connectivity index (χ4n) is 1.97. The highest BCUT2D eigenvalue weighted by atomic mass is 32.2. The lowest BCUT2D eigenvalue weighted by molar-refractivity contribution is -0.141. The van der Waals surface area contributed by atoms with E-state index < -0.39 is 12.7 Å². The van der Waals surface area contributed by atoms with Gasteiger partial charge < -0.3 is 9.47 Å². The molecule has 5 nitrogen and oxygen atoms in total. The fourth-order valence-corrected chi connectivity index (χ4v) is 2.84. The van der Waals surface area contributed by atoms with Crippen LogP contribution in [-0.2, 0) is 23.6 Å². The topological polar surface area (TPSA) is 51.0 Å². The van der Waals surface area contributed by atoms with Crippen molar-refractivity contribution < 1.29 is 18.0 Å². The van der Waals surface area contributed by atoms with Gasteiger partial charge in [-0.3, -0.25) is 9.78 Å². The summed E-state index contributed by atoms with van der Waals surface area (Å²) < 4.78 is 38.5. The second-order valence-corrected chi connectivity index (χ2v) is 6.14. The molecular formula is C15H17F3N4OS. The average Bonchev–Trinajstić information content (AvgIpc) is 2.93. The van der Waals surface area contributed by atoms with E-state index in [4.69, 9.17) is 0 Å². The first-order valence-corrected chi connectivity index (χ1v) is 8.29. The zero-order valence-corrected chi connectivity index (χ0v) is 13.8. The Morgan fingerprint density at radius 3 is 2.75 bits per heavy atom. The molecule has 130 valence electrons. The van der Waals surface area contributed by atoms with E-state index >= 15 is 0 Å². The van der Waals surface area contributed by atoms with E-state index in [0.29, 0.717) is 5.75 Å². The zero-order chi connectivity index (χ0) is 17.6. The first kappa shape index (κ1) is 18.3. The van der Waals surface area contributed by atoms with E-state index in [0.717, 1.165) is 10.3 Å². The molecule has 0 saturated heterocycles. The molecule has 9 heteroatoms. The van der Waals surface area contributed by atoms with Crippen LogP contribution in [0.1, 0.15) is 11.5 Å². The lowest BCUT2D eigenvalue weighted by atomic mass is 10.4. The zero-order valence-electron chi connectivity index (χ0n) is 13.0. The minimum absolute atomic E-state index is 0.0338. The van der Waals surface area contributed by atoms with E-state index in [1.165, 1.54) is 29.1 Å². The minimum Gasteiger partial charge on any atom is -0.338 e. The lowest BCUT2D eigenvalue weighted by Gasteiger charge is -2.18. The summed E-state index contributed by atoms with van der Waals surface area (Å²) >= 11 is 1.41.